The molecule has 2 N–H and O–H groups in total. The van der Waals surface area contributed by atoms with Crippen LogP contribution in [-0.4, -0.2) is 30.5 Å². The summed E-state index contributed by atoms with van der Waals surface area (Å²) in [6.45, 7) is 7.32. The molecule has 9 heteroatoms. The molecule has 3 aromatic carbocycles. The molecule has 0 aliphatic rings. The van der Waals surface area contributed by atoms with Gasteiger partial charge >= 0.3 is 5.97 Å². The maximum atomic E-state index is 13.2. The summed E-state index contributed by atoms with van der Waals surface area (Å²) in [5, 5.41) is 6.74. The Morgan fingerprint density at radius 1 is 0.974 bits per heavy atom. The third kappa shape index (κ3) is 5.81. The number of benzene rings is 3. The molecular weight excluding hydrogens is 508 g/mol. The average Bonchev–Trinajstić information content (AvgIpc) is 3.26. The van der Waals surface area contributed by atoms with Crippen molar-refractivity contribution in [2.45, 2.75) is 33.8 Å². The zero-order valence-electron chi connectivity index (χ0n) is 21.4. The average molecular weight is 535 g/mol. The van der Waals surface area contributed by atoms with Crippen LogP contribution in [0.3, 0.4) is 0 Å². The van der Waals surface area contributed by atoms with Gasteiger partial charge in [0.1, 0.15) is 17.0 Å². The van der Waals surface area contributed by atoms with Crippen LogP contribution in [0.4, 0.5) is 11.4 Å². The fourth-order valence-electron chi connectivity index (χ4n) is 3.88. The van der Waals surface area contributed by atoms with Crippen molar-refractivity contribution in [2.24, 2.45) is 0 Å². The van der Waals surface area contributed by atoms with Crippen LogP contribution in [0.25, 0.3) is 11.0 Å². The number of fused-ring (bicyclic) bond motifs is 1. The zero-order chi connectivity index (χ0) is 27.4. The van der Waals surface area contributed by atoms with E-state index in [0.717, 1.165) is 11.1 Å². The van der Waals surface area contributed by atoms with E-state index in [1.54, 1.807) is 74.5 Å². The molecule has 1 atom stereocenters. The summed E-state index contributed by atoms with van der Waals surface area (Å²) >= 11 is 6.23. The van der Waals surface area contributed by atoms with E-state index in [-0.39, 0.29) is 18.1 Å². The molecule has 196 valence electrons. The number of esters is 1. The number of aryl methyl sites for hydroxylation is 2. The number of furan rings is 1. The molecule has 4 aromatic rings. The predicted molar refractivity (Wildman–Crippen MR) is 146 cm³/mol. The summed E-state index contributed by atoms with van der Waals surface area (Å²) in [5.41, 5.74) is 3.13. The van der Waals surface area contributed by atoms with Gasteiger partial charge in [-0.05, 0) is 87.4 Å². The molecular formula is C29H27ClN2O6. The summed E-state index contributed by atoms with van der Waals surface area (Å²) in [5.74, 6) is -1.05. The fraction of sp³-hybridized carbons (Fsp3) is 0.207. The second-order valence-corrected chi connectivity index (χ2v) is 9.05. The van der Waals surface area contributed by atoms with Crippen molar-refractivity contribution >= 4 is 51.7 Å². The van der Waals surface area contributed by atoms with Gasteiger partial charge < -0.3 is 24.5 Å². The molecule has 4 rings (SSSR count). The van der Waals surface area contributed by atoms with Gasteiger partial charge in [-0.1, -0.05) is 23.7 Å². The van der Waals surface area contributed by atoms with E-state index in [1.807, 2.05) is 13.8 Å². The largest absolute Gasteiger partial charge is 0.481 e. The van der Waals surface area contributed by atoms with Crippen LogP contribution >= 0.6 is 11.6 Å². The number of rotatable bonds is 8. The highest BCUT2D eigenvalue weighted by Crippen LogP contribution is 2.32. The predicted octanol–water partition coefficient (Wildman–Crippen LogP) is 6.54. The van der Waals surface area contributed by atoms with Crippen molar-refractivity contribution in [3.05, 3.63) is 88.1 Å². The summed E-state index contributed by atoms with van der Waals surface area (Å²) in [6, 6.07) is 16.8. The lowest BCUT2D eigenvalue weighted by Crippen LogP contribution is -2.30. The van der Waals surface area contributed by atoms with Crippen LogP contribution < -0.4 is 15.4 Å². The Morgan fingerprint density at radius 2 is 1.63 bits per heavy atom. The number of nitrogens with one attached hydrogen (secondary N) is 2. The number of hydrogen-bond donors (Lipinski definition) is 2. The van der Waals surface area contributed by atoms with Gasteiger partial charge in [0, 0.05) is 16.1 Å². The Balaban J connectivity index is 1.55. The fourth-order valence-corrected chi connectivity index (χ4v) is 3.99. The summed E-state index contributed by atoms with van der Waals surface area (Å²) < 4.78 is 16.7. The van der Waals surface area contributed by atoms with Crippen LogP contribution in [-0.2, 0) is 9.53 Å². The third-order valence-corrected chi connectivity index (χ3v) is 6.39. The van der Waals surface area contributed by atoms with E-state index in [0.29, 0.717) is 33.0 Å². The van der Waals surface area contributed by atoms with Crippen molar-refractivity contribution in [2.75, 3.05) is 17.2 Å². The first-order chi connectivity index (χ1) is 18.2. The van der Waals surface area contributed by atoms with Crippen molar-refractivity contribution in [1.29, 1.82) is 0 Å². The first-order valence-corrected chi connectivity index (χ1v) is 12.4. The van der Waals surface area contributed by atoms with Gasteiger partial charge in [-0.3, -0.25) is 9.59 Å². The summed E-state index contributed by atoms with van der Waals surface area (Å²) in [4.78, 5) is 38.2. The van der Waals surface area contributed by atoms with Gasteiger partial charge in [0.05, 0.1) is 12.2 Å². The molecule has 38 heavy (non-hydrogen) atoms. The number of para-hydroxylation sites is 1. The quantitative estimate of drug-likeness (QED) is 0.249. The van der Waals surface area contributed by atoms with Crippen LogP contribution in [0.15, 0.2) is 65.1 Å². The number of anilines is 2. The Labute approximate surface area is 224 Å². The van der Waals surface area contributed by atoms with Crippen molar-refractivity contribution in [3.8, 4) is 5.75 Å². The van der Waals surface area contributed by atoms with Crippen LogP contribution in [0.5, 0.6) is 5.75 Å². The zero-order valence-corrected chi connectivity index (χ0v) is 22.1. The Kier molecular flexibility index (Phi) is 8.02. The molecule has 0 spiro atoms. The molecule has 1 heterocycles. The number of amides is 2. The molecule has 0 aliphatic carbocycles. The van der Waals surface area contributed by atoms with E-state index in [4.69, 9.17) is 25.5 Å². The number of halogens is 1. The number of ether oxygens (including phenoxy) is 2. The first-order valence-electron chi connectivity index (χ1n) is 12.0. The minimum Gasteiger partial charge on any atom is -0.481 e. The van der Waals surface area contributed by atoms with Crippen LogP contribution in [0.2, 0.25) is 5.02 Å². The second-order valence-electron chi connectivity index (χ2n) is 8.67. The van der Waals surface area contributed by atoms with Gasteiger partial charge in [0.25, 0.3) is 11.8 Å². The van der Waals surface area contributed by atoms with E-state index in [9.17, 15) is 14.4 Å². The molecule has 0 radical (unpaired) electrons. The highest BCUT2D eigenvalue weighted by atomic mass is 35.5. The molecule has 0 aliphatic heterocycles. The lowest BCUT2D eigenvalue weighted by Gasteiger charge is -2.16. The van der Waals surface area contributed by atoms with Gasteiger partial charge in [0.15, 0.2) is 6.10 Å². The second kappa shape index (κ2) is 11.4. The van der Waals surface area contributed by atoms with E-state index in [1.165, 1.54) is 0 Å². The Bertz CT molecular complexity index is 1490. The molecule has 0 saturated carbocycles. The normalized spacial score (nSPS) is 11.6. The molecule has 0 fully saturated rings. The van der Waals surface area contributed by atoms with E-state index < -0.39 is 23.9 Å². The topological polar surface area (TPSA) is 107 Å². The lowest BCUT2D eigenvalue weighted by atomic mass is 10.1. The monoisotopic (exact) mass is 534 g/mol. The number of carbonyl (C=O) groups is 3. The van der Waals surface area contributed by atoms with Gasteiger partial charge in [-0.2, -0.15) is 0 Å². The SMILES string of the molecule is CCOC(=O)c1ccc(NC(=O)c2oc3ccccc3c2NC(=O)[C@@H](C)Oc2cc(C)c(Cl)c(C)c2)cc1. The number of hydrogen-bond acceptors (Lipinski definition) is 6. The first kappa shape index (κ1) is 26.8. The minimum absolute atomic E-state index is 0.0700. The Morgan fingerprint density at radius 3 is 2.29 bits per heavy atom. The maximum absolute atomic E-state index is 13.2. The molecule has 1 aromatic heterocycles. The lowest BCUT2D eigenvalue weighted by molar-refractivity contribution is -0.122. The van der Waals surface area contributed by atoms with Gasteiger partial charge in [-0.25, -0.2) is 4.79 Å². The van der Waals surface area contributed by atoms with Crippen LogP contribution in [0.1, 0.15) is 45.9 Å². The van der Waals surface area contributed by atoms with Crippen molar-refractivity contribution in [3.63, 3.8) is 0 Å². The van der Waals surface area contributed by atoms with E-state index >= 15 is 0 Å². The Hall–Kier alpha value is -4.30. The highest BCUT2D eigenvalue weighted by Gasteiger charge is 2.25. The summed E-state index contributed by atoms with van der Waals surface area (Å²) in [7, 11) is 0. The van der Waals surface area contributed by atoms with Crippen LogP contribution in [0, 0.1) is 13.8 Å². The van der Waals surface area contributed by atoms with Crippen molar-refractivity contribution < 1.29 is 28.3 Å². The number of carbonyl (C=O) groups excluding carboxylic acids is 3. The molecule has 0 unspecified atom stereocenters. The smallest absolute Gasteiger partial charge is 0.338 e. The highest BCUT2D eigenvalue weighted by molar-refractivity contribution is 6.32. The standard InChI is InChI=1S/C29H27ClN2O6/c1-5-36-29(35)19-10-12-20(13-11-19)31-28(34)26-25(22-8-6-7-9-23(22)38-26)32-27(33)18(4)37-21-14-16(2)24(30)17(3)15-21/h6-15,18H,5H2,1-4H3,(H,31,34)(H,32,33)/t18-/m1/s1. The van der Waals surface area contributed by atoms with Gasteiger partial charge in [-0.15, -0.1) is 0 Å². The molecule has 2 amide bonds. The molecule has 8 nitrogen and oxygen atoms in total. The van der Waals surface area contributed by atoms with E-state index in [2.05, 4.69) is 10.6 Å². The molecule has 0 saturated heterocycles. The molecule has 0 bridgehead atoms. The van der Waals surface area contributed by atoms with Gasteiger partial charge in [0.2, 0.25) is 5.76 Å². The third-order valence-electron chi connectivity index (χ3n) is 5.80. The summed E-state index contributed by atoms with van der Waals surface area (Å²) in [6.07, 6.45) is -0.880. The van der Waals surface area contributed by atoms with Crippen molar-refractivity contribution in [1.82, 2.24) is 0 Å². The maximum Gasteiger partial charge on any atom is 0.338 e. The minimum atomic E-state index is -0.880.